The maximum Gasteiger partial charge on any atom is 0.412 e. The molecule has 7 heteroatoms. The number of nitrogens with zero attached hydrogens (tertiary/aromatic N) is 2. The van der Waals surface area contributed by atoms with Crippen molar-refractivity contribution in [3.05, 3.63) is 30.2 Å². The third-order valence-corrected chi connectivity index (χ3v) is 2.32. The van der Waals surface area contributed by atoms with Crippen LogP contribution < -0.4 is 5.32 Å². The van der Waals surface area contributed by atoms with Crippen LogP contribution in [-0.2, 0) is 4.74 Å². The molecule has 0 saturated carbocycles. The van der Waals surface area contributed by atoms with Crippen molar-refractivity contribution in [2.75, 3.05) is 5.32 Å². The van der Waals surface area contributed by atoms with Gasteiger partial charge < -0.3 is 14.2 Å². The molecule has 0 aromatic carbocycles. The van der Waals surface area contributed by atoms with Gasteiger partial charge >= 0.3 is 12.1 Å². The van der Waals surface area contributed by atoms with Crippen LogP contribution in [0.5, 0.6) is 0 Å². The van der Waals surface area contributed by atoms with Gasteiger partial charge in [0.2, 0.25) is 0 Å². The number of fused-ring (bicyclic) bond motifs is 1. The molecular weight excluding hydrogens is 262 g/mol. The number of rotatable bonds is 2. The number of imidazole rings is 1. The molecule has 0 aliphatic carbocycles. The summed E-state index contributed by atoms with van der Waals surface area (Å²) in [7, 11) is 0. The molecule has 2 aromatic rings. The fourth-order valence-electron chi connectivity index (χ4n) is 1.59. The minimum absolute atomic E-state index is 0.0561. The zero-order chi connectivity index (χ0) is 14.9. The number of aromatic nitrogens is 2. The minimum atomic E-state index is -1.10. The van der Waals surface area contributed by atoms with E-state index in [2.05, 4.69) is 10.3 Å². The zero-order valence-corrected chi connectivity index (χ0v) is 11.4. The van der Waals surface area contributed by atoms with Gasteiger partial charge in [-0.2, -0.15) is 0 Å². The van der Waals surface area contributed by atoms with Gasteiger partial charge in [-0.05, 0) is 32.9 Å². The molecule has 0 aliphatic rings. The number of carboxylic acid groups (broad SMARTS) is 1. The smallest absolute Gasteiger partial charge is 0.412 e. The lowest BCUT2D eigenvalue weighted by Crippen LogP contribution is -2.27. The van der Waals surface area contributed by atoms with Crippen LogP contribution in [0.25, 0.3) is 5.65 Å². The van der Waals surface area contributed by atoms with E-state index in [1.165, 1.54) is 10.6 Å². The van der Waals surface area contributed by atoms with Crippen LogP contribution >= 0.6 is 0 Å². The summed E-state index contributed by atoms with van der Waals surface area (Å²) in [6, 6.07) is 3.23. The second kappa shape index (κ2) is 4.84. The van der Waals surface area contributed by atoms with E-state index in [4.69, 9.17) is 9.84 Å². The largest absolute Gasteiger partial charge is 0.476 e. The first kappa shape index (κ1) is 13.9. The molecule has 7 nitrogen and oxygen atoms in total. The number of aromatic carboxylic acids is 1. The number of carbonyl (C=O) groups excluding carboxylic acids is 1. The average molecular weight is 277 g/mol. The van der Waals surface area contributed by atoms with Crippen LogP contribution in [0.4, 0.5) is 10.5 Å². The Hall–Kier alpha value is -2.57. The van der Waals surface area contributed by atoms with Gasteiger partial charge in [0.05, 0.1) is 5.69 Å². The van der Waals surface area contributed by atoms with Crippen molar-refractivity contribution in [3.8, 4) is 0 Å². The Morgan fingerprint density at radius 3 is 2.60 bits per heavy atom. The highest BCUT2D eigenvalue weighted by Crippen LogP contribution is 2.14. The van der Waals surface area contributed by atoms with Crippen molar-refractivity contribution in [1.82, 2.24) is 9.38 Å². The third-order valence-electron chi connectivity index (χ3n) is 2.32. The summed E-state index contributed by atoms with van der Waals surface area (Å²) in [4.78, 5) is 26.4. The summed E-state index contributed by atoms with van der Waals surface area (Å²) < 4.78 is 6.65. The number of nitrogens with one attached hydrogen (secondary N) is 1. The molecule has 0 radical (unpaired) electrons. The molecule has 20 heavy (non-hydrogen) atoms. The average Bonchev–Trinajstić information content (AvgIpc) is 2.69. The second-order valence-electron chi connectivity index (χ2n) is 5.24. The molecule has 2 rings (SSSR count). The summed E-state index contributed by atoms with van der Waals surface area (Å²) >= 11 is 0. The molecule has 0 atom stereocenters. The van der Waals surface area contributed by atoms with E-state index in [-0.39, 0.29) is 5.69 Å². The van der Waals surface area contributed by atoms with Crippen molar-refractivity contribution in [2.24, 2.45) is 0 Å². The van der Waals surface area contributed by atoms with E-state index in [9.17, 15) is 9.59 Å². The molecule has 2 aromatic heterocycles. The van der Waals surface area contributed by atoms with Crippen molar-refractivity contribution < 1.29 is 19.4 Å². The molecule has 0 saturated heterocycles. The SMILES string of the molecule is CC(C)(C)OC(=O)Nc1ccc2nc(C(=O)O)cn2c1. The lowest BCUT2D eigenvalue weighted by Gasteiger charge is -2.19. The first-order chi connectivity index (χ1) is 9.24. The molecule has 1 amide bonds. The van der Waals surface area contributed by atoms with Crippen LogP contribution in [0.2, 0.25) is 0 Å². The zero-order valence-electron chi connectivity index (χ0n) is 11.4. The highest BCUT2D eigenvalue weighted by atomic mass is 16.6. The molecule has 0 spiro atoms. The standard InChI is InChI=1S/C13H15N3O4/c1-13(2,3)20-12(19)14-8-4-5-10-15-9(11(17)18)7-16(10)6-8/h4-7H,1-3H3,(H,14,19)(H,17,18). The summed E-state index contributed by atoms with van der Waals surface area (Å²) in [5.41, 5.74) is 0.331. The van der Waals surface area contributed by atoms with E-state index in [1.807, 2.05) is 0 Å². The van der Waals surface area contributed by atoms with E-state index < -0.39 is 17.7 Å². The van der Waals surface area contributed by atoms with Crippen LogP contribution in [0.15, 0.2) is 24.5 Å². The summed E-state index contributed by atoms with van der Waals surface area (Å²) in [6.07, 6.45) is 2.37. The number of pyridine rings is 1. The van der Waals surface area contributed by atoms with Crippen molar-refractivity contribution in [1.29, 1.82) is 0 Å². The summed E-state index contributed by atoms with van der Waals surface area (Å²) in [5.74, 6) is -1.10. The number of amides is 1. The number of ether oxygens (including phenoxy) is 1. The minimum Gasteiger partial charge on any atom is -0.476 e. The van der Waals surface area contributed by atoms with Crippen LogP contribution in [0, 0.1) is 0 Å². The third kappa shape index (κ3) is 3.25. The maximum atomic E-state index is 11.6. The number of carboxylic acids is 1. The van der Waals surface area contributed by atoms with E-state index in [0.29, 0.717) is 11.3 Å². The van der Waals surface area contributed by atoms with E-state index >= 15 is 0 Å². The number of hydrogen-bond acceptors (Lipinski definition) is 4. The Bertz CT molecular complexity index is 670. The molecule has 0 bridgehead atoms. The first-order valence-corrected chi connectivity index (χ1v) is 5.97. The van der Waals surface area contributed by atoms with Gasteiger partial charge in [0.15, 0.2) is 5.69 Å². The topological polar surface area (TPSA) is 92.9 Å². The summed E-state index contributed by atoms with van der Waals surface area (Å²) in [5, 5.41) is 11.4. The maximum absolute atomic E-state index is 11.6. The predicted octanol–water partition coefficient (Wildman–Crippen LogP) is 2.38. The van der Waals surface area contributed by atoms with Crippen LogP contribution in [0.3, 0.4) is 0 Å². The van der Waals surface area contributed by atoms with Gasteiger partial charge in [-0.1, -0.05) is 0 Å². The Labute approximate surface area is 115 Å². The van der Waals surface area contributed by atoms with Gasteiger partial charge in [0.1, 0.15) is 11.2 Å². The molecule has 2 N–H and O–H groups in total. The van der Waals surface area contributed by atoms with E-state index in [0.717, 1.165) is 0 Å². The predicted molar refractivity (Wildman–Crippen MR) is 72.0 cm³/mol. The summed E-state index contributed by atoms with van der Waals surface area (Å²) in [6.45, 7) is 5.31. The van der Waals surface area contributed by atoms with Crippen LogP contribution in [-0.4, -0.2) is 32.2 Å². The van der Waals surface area contributed by atoms with Gasteiger partial charge in [-0.25, -0.2) is 14.6 Å². The highest BCUT2D eigenvalue weighted by Gasteiger charge is 2.16. The van der Waals surface area contributed by atoms with Gasteiger partial charge in [0, 0.05) is 12.4 Å². The lowest BCUT2D eigenvalue weighted by molar-refractivity contribution is 0.0633. The van der Waals surface area contributed by atoms with Crippen molar-refractivity contribution in [3.63, 3.8) is 0 Å². The number of anilines is 1. The Morgan fingerprint density at radius 1 is 1.30 bits per heavy atom. The quantitative estimate of drug-likeness (QED) is 0.879. The molecular formula is C13H15N3O4. The van der Waals surface area contributed by atoms with Gasteiger partial charge in [-0.15, -0.1) is 0 Å². The number of hydrogen-bond donors (Lipinski definition) is 2. The molecule has 0 unspecified atom stereocenters. The van der Waals surface area contributed by atoms with Gasteiger partial charge in [0.25, 0.3) is 0 Å². The normalized spacial score (nSPS) is 11.3. The van der Waals surface area contributed by atoms with Crippen LogP contribution in [0.1, 0.15) is 31.3 Å². The Morgan fingerprint density at radius 2 is 2.00 bits per heavy atom. The second-order valence-corrected chi connectivity index (χ2v) is 5.24. The van der Waals surface area contributed by atoms with Crippen molar-refractivity contribution in [2.45, 2.75) is 26.4 Å². The lowest BCUT2D eigenvalue weighted by atomic mass is 10.2. The van der Waals surface area contributed by atoms with Gasteiger partial charge in [-0.3, -0.25) is 5.32 Å². The number of carbonyl (C=O) groups is 2. The molecule has 2 heterocycles. The Kier molecular flexibility index (Phi) is 3.35. The fraction of sp³-hybridized carbons (Fsp3) is 0.308. The van der Waals surface area contributed by atoms with E-state index in [1.54, 1.807) is 39.1 Å². The molecule has 0 aliphatic heterocycles. The van der Waals surface area contributed by atoms with Crippen molar-refractivity contribution >= 4 is 23.4 Å². The molecule has 106 valence electrons. The molecule has 0 fully saturated rings. The Balaban J connectivity index is 2.19. The first-order valence-electron chi connectivity index (χ1n) is 5.97. The fourth-order valence-corrected chi connectivity index (χ4v) is 1.59. The highest BCUT2D eigenvalue weighted by molar-refractivity contribution is 5.87. The monoisotopic (exact) mass is 277 g/mol.